The lowest BCUT2D eigenvalue weighted by molar-refractivity contribution is 0.594. The van der Waals surface area contributed by atoms with Gasteiger partial charge in [0.15, 0.2) is 5.03 Å². The molecule has 1 aromatic carbocycles. The van der Waals surface area contributed by atoms with Crippen LogP contribution in [0.1, 0.15) is 24.7 Å². The van der Waals surface area contributed by atoms with Crippen LogP contribution >= 0.6 is 0 Å². The van der Waals surface area contributed by atoms with Gasteiger partial charge in [0.25, 0.3) is 10.0 Å². The summed E-state index contributed by atoms with van der Waals surface area (Å²) in [6, 6.07) is 6.04. The lowest BCUT2D eigenvalue weighted by Gasteiger charge is -2.06. The molecule has 20 heavy (non-hydrogen) atoms. The van der Waals surface area contributed by atoms with Crippen molar-refractivity contribution in [3.8, 4) is 0 Å². The molecule has 2 rings (SSSR count). The first-order valence-corrected chi connectivity index (χ1v) is 7.78. The lowest BCUT2D eigenvalue weighted by Crippen LogP contribution is -2.12. The van der Waals surface area contributed by atoms with Crippen LogP contribution in [0.15, 0.2) is 35.5 Å². The molecule has 0 saturated carbocycles. The number of primary sulfonamides is 1. The molecule has 0 fully saturated rings. The van der Waals surface area contributed by atoms with Crippen LogP contribution in [0.4, 0.5) is 4.39 Å². The van der Waals surface area contributed by atoms with E-state index >= 15 is 0 Å². The Morgan fingerprint density at radius 1 is 1.30 bits per heavy atom. The molecule has 0 atom stereocenters. The third-order valence-corrected chi connectivity index (χ3v) is 3.65. The van der Waals surface area contributed by atoms with E-state index in [0.29, 0.717) is 18.8 Å². The Hall–Kier alpha value is -1.73. The van der Waals surface area contributed by atoms with Crippen LogP contribution in [-0.2, 0) is 23.0 Å². The predicted octanol–water partition coefficient (Wildman–Crippen LogP) is 1.67. The van der Waals surface area contributed by atoms with Crippen LogP contribution in [0.2, 0.25) is 0 Å². The van der Waals surface area contributed by atoms with Gasteiger partial charge in [0.2, 0.25) is 0 Å². The number of aromatic nitrogens is 2. The van der Waals surface area contributed by atoms with E-state index in [0.717, 1.165) is 12.0 Å². The normalized spacial score (nSPS) is 11.8. The van der Waals surface area contributed by atoms with Crippen molar-refractivity contribution in [2.45, 2.75) is 31.3 Å². The third kappa shape index (κ3) is 3.43. The maximum absolute atomic E-state index is 12.9. The van der Waals surface area contributed by atoms with Crippen LogP contribution in [0, 0.1) is 5.82 Å². The van der Waals surface area contributed by atoms with E-state index in [1.54, 1.807) is 16.7 Å². The topological polar surface area (TPSA) is 78.0 Å². The van der Waals surface area contributed by atoms with E-state index in [-0.39, 0.29) is 10.8 Å². The average molecular weight is 297 g/mol. The zero-order chi connectivity index (χ0) is 14.8. The zero-order valence-corrected chi connectivity index (χ0v) is 11.9. The molecule has 1 aromatic heterocycles. The van der Waals surface area contributed by atoms with E-state index < -0.39 is 10.0 Å². The van der Waals surface area contributed by atoms with Crippen molar-refractivity contribution in [2.75, 3.05) is 0 Å². The number of hydrogen-bond donors (Lipinski definition) is 1. The number of benzene rings is 1. The summed E-state index contributed by atoms with van der Waals surface area (Å²) in [7, 11) is -3.81. The first-order valence-electron chi connectivity index (χ1n) is 6.23. The van der Waals surface area contributed by atoms with E-state index in [9.17, 15) is 12.8 Å². The Labute approximate surface area is 117 Å². The number of halogens is 1. The Balaban J connectivity index is 2.34. The molecule has 0 amide bonds. The van der Waals surface area contributed by atoms with Crippen LogP contribution in [0.5, 0.6) is 0 Å². The highest BCUT2D eigenvalue weighted by atomic mass is 32.2. The minimum Gasteiger partial charge on any atom is -0.329 e. The third-order valence-electron chi connectivity index (χ3n) is 2.87. The minimum atomic E-state index is -3.81. The molecule has 108 valence electrons. The fraction of sp³-hybridized carbons (Fsp3) is 0.308. The van der Waals surface area contributed by atoms with Crippen molar-refractivity contribution in [1.82, 2.24) is 9.55 Å². The van der Waals surface area contributed by atoms with Crippen molar-refractivity contribution < 1.29 is 12.8 Å². The number of nitrogens with two attached hydrogens (primary N) is 1. The van der Waals surface area contributed by atoms with Gasteiger partial charge in [-0.2, -0.15) is 0 Å². The van der Waals surface area contributed by atoms with Gasteiger partial charge in [-0.3, -0.25) is 0 Å². The van der Waals surface area contributed by atoms with Crippen LogP contribution in [0.3, 0.4) is 0 Å². The van der Waals surface area contributed by atoms with E-state index in [1.807, 2.05) is 6.92 Å². The van der Waals surface area contributed by atoms with Gasteiger partial charge in [-0.1, -0.05) is 19.1 Å². The number of rotatable bonds is 5. The largest absolute Gasteiger partial charge is 0.329 e. The van der Waals surface area contributed by atoms with Gasteiger partial charge in [0.05, 0.1) is 0 Å². The van der Waals surface area contributed by atoms with Gasteiger partial charge in [-0.05, 0) is 24.1 Å². The van der Waals surface area contributed by atoms with Crippen LogP contribution in [-0.4, -0.2) is 18.0 Å². The van der Waals surface area contributed by atoms with Gasteiger partial charge in [-0.25, -0.2) is 22.9 Å². The Bertz CT molecular complexity index is 693. The summed E-state index contributed by atoms with van der Waals surface area (Å²) in [6.45, 7) is 2.41. The smallest absolute Gasteiger partial charge is 0.257 e. The fourth-order valence-corrected chi connectivity index (χ4v) is 2.42. The summed E-state index contributed by atoms with van der Waals surface area (Å²) in [4.78, 5) is 4.06. The second kappa shape index (κ2) is 5.72. The molecule has 1 heterocycles. The molecule has 0 aliphatic carbocycles. The van der Waals surface area contributed by atoms with Gasteiger partial charge in [-0.15, -0.1) is 0 Å². The number of aryl methyl sites for hydroxylation is 1. The van der Waals surface area contributed by atoms with Crippen molar-refractivity contribution in [2.24, 2.45) is 5.14 Å². The minimum absolute atomic E-state index is 0.136. The van der Waals surface area contributed by atoms with E-state index in [2.05, 4.69) is 4.98 Å². The highest BCUT2D eigenvalue weighted by molar-refractivity contribution is 7.89. The van der Waals surface area contributed by atoms with Gasteiger partial charge < -0.3 is 4.57 Å². The summed E-state index contributed by atoms with van der Waals surface area (Å²) in [5.41, 5.74) is 0.863. The summed E-state index contributed by atoms with van der Waals surface area (Å²) < 4.78 is 37.3. The maximum Gasteiger partial charge on any atom is 0.257 e. The average Bonchev–Trinajstić information content (AvgIpc) is 2.76. The van der Waals surface area contributed by atoms with E-state index in [4.69, 9.17) is 5.14 Å². The quantitative estimate of drug-likeness (QED) is 0.912. The predicted molar refractivity (Wildman–Crippen MR) is 73.1 cm³/mol. The van der Waals surface area contributed by atoms with Crippen LogP contribution < -0.4 is 5.14 Å². The maximum atomic E-state index is 12.9. The first-order chi connectivity index (χ1) is 9.40. The van der Waals surface area contributed by atoms with Crippen molar-refractivity contribution >= 4 is 10.0 Å². The van der Waals surface area contributed by atoms with Gasteiger partial charge in [0.1, 0.15) is 11.6 Å². The van der Waals surface area contributed by atoms with Gasteiger partial charge in [0, 0.05) is 19.2 Å². The molecular weight excluding hydrogens is 281 g/mol. The monoisotopic (exact) mass is 297 g/mol. The molecule has 0 aliphatic heterocycles. The highest BCUT2D eigenvalue weighted by Crippen LogP contribution is 2.13. The second-order valence-corrected chi connectivity index (χ2v) is 6.05. The highest BCUT2D eigenvalue weighted by Gasteiger charge is 2.16. The fourth-order valence-electron chi connectivity index (χ4n) is 1.91. The van der Waals surface area contributed by atoms with E-state index in [1.165, 1.54) is 18.3 Å². The molecule has 2 aromatic rings. The first kappa shape index (κ1) is 14.7. The molecule has 5 nitrogen and oxygen atoms in total. The Kier molecular flexibility index (Phi) is 4.20. The van der Waals surface area contributed by atoms with Crippen molar-refractivity contribution in [3.05, 3.63) is 47.7 Å². The molecule has 2 N–H and O–H groups in total. The van der Waals surface area contributed by atoms with Crippen LogP contribution in [0.25, 0.3) is 0 Å². The number of sulfonamides is 1. The van der Waals surface area contributed by atoms with Crippen molar-refractivity contribution in [3.63, 3.8) is 0 Å². The molecule has 0 saturated heterocycles. The molecule has 7 heteroatoms. The summed E-state index contributed by atoms with van der Waals surface area (Å²) in [5.74, 6) is 0.347. The Morgan fingerprint density at radius 3 is 2.50 bits per heavy atom. The van der Waals surface area contributed by atoms with Crippen molar-refractivity contribution in [1.29, 1.82) is 0 Å². The molecular formula is C13H16FN3O2S. The Morgan fingerprint density at radius 2 is 1.95 bits per heavy atom. The summed E-state index contributed by atoms with van der Waals surface area (Å²) in [6.07, 6.45) is 2.91. The number of imidazole rings is 1. The molecule has 0 unspecified atom stereocenters. The molecule has 0 radical (unpaired) electrons. The summed E-state index contributed by atoms with van der Waals surface area (Å²) >= 11 is 0. The molecule has 0 spiro atoms. The van der Waals surface area contributed by atoms with Gasteiger partial charge >= 0.3 is 0 Å². The standard InChI is InChI=1S/C13H16FN3O2S/c1-2-3-12-16-13(20(15,18)19)9-17(12)8-10-4-6-11(14)7-5-10/h4-7,9H,2-3,8H2,1H3,(H2,15,18,19). The number of nitrogens with zero attached hydrogens (tertiary/aromatic N) is 2. The SMILES string of the molecule is CCCc1nc(S(N)(=O)=O)cn1Cc1ccc(F)cc1. The molecule has 0 aliphatic rings. The lowest BCUT2D eigenvalue weighted by atomic mass is 10.2. The summed E-state index contributed by atoms with van der Waals surface area (Å²) in [5, 5.41) is 4.96. The second-order valence-electron chi connectivity index (χ2n) is 4.54. The zero-order valence-electron chi connectivity index (χ0n) is 11.1. The molecule has 0 bridgehead atoms. The number of hydrogen-bond acceptors (Lipinski definition) is 3.